The van der Waals surface area contributed by atoms with Gasteiger partial charge in [0.05, 0.1) is 10.7 Å². The van der Waals surface area contributed by atoms with Crippen LogP contribution in [0.15, 0.2) is 60.7 Å². The Morgan fingerprint density at radius 2 is 1.73 bits per heavy atom. The molecule has 0 spiro atoms. The minimum atomic E-state index is -0.219. The van der Waals surface area contributed by atoms with E-state index in [2.05, 4.69) is 64.4 Å². The molecule has 3 aromatic rings. The van der Waals surface area contributed by atoms with E-state index in [0.29, 0.717) is 18.0 Å². The predicted molar refractivity (Wildman–Crippen MR) is 130 cm³/mol. The fourth-order valence-corrected chi connectivity index (χ4v) is 3.77. The highest BCUT2D eigenvalue weighted by Crippen LogP contribution is 2.34. The van der Waals surface area contributed by atoms with Crippen LogP contribution in [0.4, 0.5) is 11.4 Å². The molecule has 0 fully saturated rings. The van der Waals surface area contributed by atoms with E-state index in [9.17, 15) is 4.79 Å². The van der Waals surface area contributed by atoms with E-state index >= 15 is 0 Å². The second-order valence-electron chi connectivity index (χ2n) is 7.03. The second kappa shape index (κ2) is 10.3. The minimum Gasteiger partial charge on any atom is -0.493 e. The minimum absolute atomic E-state index is 0.0960. The van der Waals surface area contributed by atoms with Gasteiger partial charge in [0, 0.05) is 17.9 Å². The smallest absolute Gasteiger partial charge is 0.262 e. The molecule has 3 aromatic carbocycles. The average molecular weight is 516 g/mol. The zero-order chi connectivity index (χ0) is 21.5. The van der Waals surface area contributed by atoms with Gasteiger partial charge < -0.3 is 20.1 Å². The molecule has 0 bridgehead atoms. The summed E-state index contributed by atoms with van der Waals surface area (Å²) in [6, 6.07) is 19.9. The molecule has 1 amide bonds. The van der Waals surface area contributed by atoms with E-state index in [-0.39, 0.29) is 12.5 Å². The summed E-state index contributed by atoms with van der Waals surface area (Å²) in [7, 11) is 1.60. The maximum atomic E-state index is 12.3. The molecule has 5 nitrogen and oxygen atoms in total. The molecule has 2 N–H and O–H groups in total. The van der Waals surface area contributed by atoms with E-state index < -0.39 is 0 Å². The fraction of sp³-hybridized carbons (Fsp3) is 0.208. The number of ether oxygens (including phenoxy) is 2. The van der Waals surface area contributed by atoms with E-state index in [0.717, 1.165) is 26.1 Å². The normalized spacial score (nSPS) is 10.4. The van der Waals surface area contributed by atoms with Gasteiger partial charge in [-0.3, -0.25) is 4.79 Å². The van der Waals surface area contributed by atoms with Gasteiger partial charge in [-0.2, -0.15) is 0 Å². The number of amides is 1. The number of carbonyl (C=O) groups excluding carboxylic acids is 1. The zero-order valence-electron chi connectivity index (χ0n) is 17.3. The van der Waals surface area contributed by atoms with Crippen molar-refractivity contribution in [1.82, 2.24) is 0 Å². The van der Waals surface area contributed by atoms with Crippen molar-refractivity contribution in [3.63, 3.8) is 0 Å². The molecule has 0 aromatic heterocycles. The third-order valence-corrected chi connectivity index (χ3v) is 5.29. The van der Waals surface area contributed by atoms with Crippen molar-refractivity contribution in [3.8, 4) is 11.5 Å². The van der Waals surface area contributed by atoms with Gasteiger partial charge in [-0.15, -0.1) is 0 Å². The number of methoxy groups -OCH3 is 1. The predicted octanol–water partition coefficient (Wildman–Crippen LogP) is 5.55. The van der Waals surface area contributed by atoms with Crippen molar-refractivity contribution in [3.05, 3.63) is 80.9 Å². The standard InChI is InChI=1S/C24H25IN2O3/c1-16-7-9-19(10-8-16)26-14-18-12-21(25)24(22(13-18)29-3)30-15-23(28)27-20-6-4-5-17(2)11-20/h4-13,26H,14-15H2,1-3H3,(H,27,28). The number of anilines is 2. The van der Waals surface area contributed by atoms with Crippen LogP contribution >= 0.6 is 22.6 Å². The molecule has 156 valence electrons. The largest absolute Gasteiger partial charge is 0.493 e. The van der Waals surface area contributed by atoms with Crippen LogP contribution in [0.5, 0.6) is 11.5 Å². The molecule has 30 heavy (non-hydrogen) atoms. The fourth-order valence-electron chi connectivity index (χ4n) is 2.95. The van der Waals surface area contributed by atoms with Crippen LogP contribution in [0.2, 0.25) is 0 Å². The number of halogens is 1. The maximum Gasteiger partial charge on any atom is 0.262 e. The molecule has 0 aliphatic carbocycles. The van der Waals surface area contributed by atoms with Crippen LogP contribution in [0.1, 0.15) is 16.7 Å². The first kappa shape index (κ1) is 22.0. The summed E-state index contributed by atoms with van der Waals surface area (Å²) >= 11 is 2.20. The summed E-state index contributed by atoms with van der Waals surface area (Å²) in [5, 5.41) is 6.25. The lowest BCUT2D eigenvalue weighted by molar-refractivity contribution is -0.118. The van der Waals surface area contributed by atoms with Crippen molar-refractivity contribution in [2.75, 3.05) is 24.4 Å². The Morgan fingerprint density at radius 3 is 2.43 bits per heavy atom. The lowest BCUT2D eigenvalue weighted by Gasteiger charge is -2.15. The lowest BCUT2D eigenvalue weighted by Crippen LogP contribution is -2.20. The Morgan fingerprint density at radius 1 is 0.967 bits per heavy atom. The molecule has 0 unspecified atom stereocenters. The van der Waals surface area contributed by atoms with Crippen molar-refractivity contribution in [2.45, 2.75) is 20.4 Å². The number of aryl methyl sites for hydroxylation is 2. The number of carbonyl (C=O) groups is 1. The second-order valence-corrected chi connectivity index (χ2v) is 8.20. The lowest BCUT2D eigenvalue weighted by atomic mass is 10.2. The molecule has 0 radical (unpaired) electrons. The molecule has 0 aliphatic heterocycles. The number of benzene rings is 3. The monoisotopic (exact) mass is 516 g/mol. The average Bonchev–Trinajstić information content (AvgIpc) is 2.72. The Labute approximate surface area is 190 Å². The highest BCUT2D eigenvalue weighted by molar-refractivity contribution is 14.1. The molecule has 0 saturated heterocycles. The van der Waals surface area contributed by atoms with Gasteiger partial charge in [0.15, 0.2) is 18.1 Å². The van der Waals surface area contributed by atoms with E-state index in [4.69, 9.17) is 9.47 Å². The molecular formula is C24H25IN2O3. The molecule has 0 saturated carbocycles. The summed E-state index contributed by atoms with van der Waals surface area (Å²) in [6.07, 6.45) is 0. The quantitative estimate of drug-likeness (QED) is 0.386. The summed E-state index contributed by atoms with van der Waals surface area (Å²) in [5.74, 6) is 0.950. The SMILES string of the molecule is COc1cc(CNc2ccc(C)cc2)cc(I)c1OCC(=O)Nc1cccc(C)c1. The van der Waals surface area contributed by atoms with Crippen LogP contribution in [0, 0.1) is 17.4 Å². The van der Waals surface area contributed by atoms with E-state index in [1.807, 2.05) is 43.3 Å². The van der Waals surface area contributed by atoms with Crippen molar-refractivity contribution in [2.24, 2.45) is 0 Å². The number of rotatable bonds is 8. The highest BCUT2D eigenvalue weighted by Gasteiger charge is 2.14. The van der Waals surface area contributed by atoms with Crippen LogP contribution in [-0.2, 0) is 11.3 Å². The third kappa shape index (κ3) is 6.13. The van der Waals surface area contributed by atoms with Crippen molar-refractivity contribution in [1.29, 1.82) is 0 Å². The van der Waals surface area contributed by atoms with Crippen LogP contribution < -0.4 is 20.1 Å². The summed E-state index contributed by atoms with van der Waals surface area (Å²) < 4.78 is 12.2. The molecule has 3 rings (SSSR count). The van der Waals surface area contributed by atoms with Gasteiger partial charge >= 0.3 is 0 Å². The van der Waals surface area contributed by atoms with Crippen molar-refractivity contribution >= 4 is 39.9 Å². The first-order chi connectivity index (χ1) is 14.4. The highest BCUT2D eigenvalue weighted by atomic mass is 127. The van der Waals surface area contributed by atoms with Gasteiger partial charge in [0.2, 0.25) is 0 Å². The zero-order valence-corrected chi connectivity index (χ0v) is 19.4. The Hall–Kier alpha value is -2.74. The molecule has 6 heteroatoms. The number of nitrogens with one attached hydrogen (secondary N) is 2. The third-order valence-electron chi connectivity index (χ3n) is 4.49. The number of hydrogen-bond donors (Lipinski definition) is 2. The Kier molecular flexibility index (Phi) is 7.57. The topological polar surface area (TPSA) is 59.6 Å². The molecular weight excluding hydrogens is 491 g/mol. The van der Waals surface area contributed by atoms with Gasteiger partial charge in [0.1, 0.15) is 0 Å². The summed E-state index contributed by atoms with van der Waals surface area (Å²) in [4.78, 5) is 12.3. The number of hydrogen-bond acceptors (Lipinski definition) is 4. The van der Waals surface area contributed by atoms with E-state index in [1.54, 1.807) is 7.11 Å². The first-order valence-corrected chi connectivity index (χ1v) is 10.7. The van der Waals surface area contributed by atoms with Gasteiger partial charge in [-0.05, 0) is 84.0 Å². The van der Waals surface area contributed by atoms with Crippen LogP contribution in [0.3, 0.4) is 0 Å². The van der Waals surface area contributed by atoms with Crippen molar-refractivity contribution < 1.29 is 14.3 Å². The molecule has 0 aliphatic rings. The van der Waals surface area contributed by atoms with Gasteiger partial charge in [-0.25, -0.2) is 0 Å². The first-order valence-electron chi connectivity index (χ1n) is 9.61. The van der Waals surface area contributed by atoms with E-state index in [1.165, 1.54) is 5.56 Å². The molecule has 0 heterocycles. The van der Waals surface area contributed by atoms with Gasteiger partial charge in [0.25, 0.3) is 5.91 Å². The Bertz CT molecular complexity index is 1020. The maximum absolute atomic E-state index is 12.3. The summed E-state index contributed by atoms with van der Waals surface area (Å²) in [6.45, 7) is 4.61. The summed E-state index contributed by atoms with van der Waals surface area (Å²) in [5.41, 5.74) is 5.18. The molecule has 0 atom stereocenters. The Balaban J connectivity index is 1.63. The van der Waals surface area contributed by atoms with Crippen LogP contribution in [0.25, 0.3) is 0 Å². The van der Waals surface area contributed by atoms with Crippen LogP contribution in [-0.4, -0.2) is 19.6 Å². The van der Waals surface area contributed by atoms with Gasteiger partial charge in [-0.1, -0.05) is 29.8 Å².